The lowest BCUT2D eigenvalue weighted by atomic mass is 10.2. The van der Waals surface area contributed by atoms with Crippen LogP contribution in [0, 0.1) is 0 Å². The van der Waals surface area contributed by atoms with E-state index < -0.39 is 0 Å². The molecule has 2 aromatic heterocycles. The lowest BCUT2D eigenvalue weighted by Crippen LogP contribution is -2.52. The number of nitrogens with zero attached hydrogens (tertiary/aromatic N) is 6. The van der Waals surface area contributed by atoms with E-state index in [-0.39, 0.29) is 24.0 Å². The number of nitrogens with one attached hydrogen (secondary N) is 1. The zero-order valence-electron chi connectivity index (χ0n) is 18.5. The van der Waals surface area contributed by atoms with Crippen molar-refractivity contribution in [2.45, 2.75) is 13.5 Å². The van der Waals surface area contributed by atoms with Gasteiger partial charge in [0.05, 0.1) is 13.7 Å². The first-order chi connectivity index (χ1) is 15.3. The number of aliphatic imine (C=N–C) groups is 1. The first-order valence-electron chi connectivity index (χ1n) is 10.6. The maximum absolute atomic E-state index is 5.26. The Morgan fingerprint density at radius 2 is 1.88 bits per heavy atom. The number of aromatic nitrogens is 3. The number of ether oxygens (including phenoxy) is 1. The first kappa shape index (κ1) is 23.8. The van der Waals surface area contributed by atoms with Crippen LogP contribution < -0.4 is 15.0 Å². The van der Waals surface area contributed by atoms with Gasteiger partial charge in [-0.15, -0.1) is 24.0 Å². The number of guanidine groups is 1. The van der Waals surface area contributed by atoms with Crippen LogP contribution in [0.3, 0.4) is 0 Å². The van der Waals surface area contributed by atoms with Crippen LogP contribution in [0.4, 0.5) is 5.69 Å². The number of anilines is 1. The fourth-order valence-corrected chi connectivity index (χ4v) is 3.65. The van der Waals surface area contributed by atoms with Crippen LogP contribution >= 0.6 is 24.0 Å². The van der Waals surface area contributed by atoms with Crippen molar-refractivity contribution in [1.82, 2.24) is 25.0 Å². The third kappa shape index (κ3) is 5.90. The third-order valence-electron chi connectivity index (χ3n) is 5.31. The molecular weight excluding hydrogens is 517 g/mol. The van der Waals surface area contributed by atoms with Crippen molar-refractivity contribution in [3.8, 4) is 11.6 Å². The van der Waals surface area contributed by atoms with Crippen molar-refractivity contribution in [2.75, 3.05) is 44.7 Å². The zero-order valence-corrected chi connectivity index (χ0v) is 20.8. The average molecular weight is 547 g/mol. The third-order valence-corrected chi connectivity index (χ3v) is 5.31. The molecule has 1 aliphatic heterocycles. The summed E-state index contributed by atoms with van der Waals surface area (Å²) in [6.45, 7) is 7.29. The molecule has 1 aliphatic rings. The number of hydrogen-bond donors (Lipinski definition) is 1. The van der Waals surface area contributed by atoms with Gasteiger partial charge in [-0.25, -0.2) is 14.7 Å². The molecule has 0 unspecified atom stereocenters. The highest BCUT2D eigenvalue weighted by atomic mass is 127. The monoisotopic (exact) mass is 547 g/mol. The Labute approximate surface area is 206 Å². The fraction of sp³-hybridized carbons (Fsp3) is 0.348. The molecule has 1 N–H and O–H groups in total. The molecule has 1 fully saturated rings. The first-order valence-corrected chi connectivity index (χ1v) is 10.6. The summed E-state index contributed by atoms with van der Waals surface area (Å²) in [5.74, 6) is 2.64. The van der Waals surface area contributed by atoms with Crippen molar-refractivity contribution in [2.24, 2.45) is 4.99 Å². The smallest absolute Gasteiger partial charge is 0.194 e. The quantitative estimate of drug-likeness (QED) is 0.291. The van der Waals surface area contributed by atoms with E-state index in [4.69, 9.17) is 9.73 Å². The van der Waals surface area contributed by atoms with E-state index in [1.54, 1.807) is 18.0 Å². The minimum atomic E-state index is 0. The molecule has 0 amide bonds. The molecule has 32 heavy (non-hydrogen) atoms. The van der Waals surface area contributed by atoms with E-state index in [1.807, 2.05) is 42.7 Å². The SMILES string of the molecule is CCNC(=NCc1ccnc(-n2cccn2)c1)N1CCN(c2ccc(OC)cc2)CC1.I. The molecule has 3 aromatic rings. The van der Waals surface area contributed by atoms with Gasteiger partial charge in [-0.1, -0.05) is 0 Å². The van der Waals surface area contributed by atoms with Gasteiger partial charge in [0.2, 0.25) is 0 Å². The molecule has 0 saturated carbocycles. The Bertz CT molecular complexity index is 984. The van der Waals surface area contributed by atoms with Crippen molar-refractivity contribution in [1.29, 1.82) is 0 Å². The number of halogens is 1. The van der Waals surface area contributed by atoms with Gasteiger partial charge in [-0.05, 0) is 55.0 Å². The van der Waals surface area contributed by atoms with Crippen molar-refractivity contribution in [3.63, 3.8) is 0 Å². The Balaban J connectivity index is 0.00000289. The Morgan fingerprint density at radius 1 is 1.09 bits per heavy atom. The molecule has 0 atom stereocenters. The molecule has 1 saturated heterocycles. The van der Waals surface area contributed by atoms with E-state index in [1.165, 1.54) is 5.69 Å². The molecule has 3 heterocycles. The van der Waals surface area contributed by atoms with Crippen LogP contribution in [0.2, 0.25) is 0 Å². The highest BCUT2D eigenvalue weighted by molar-refractivity contribution is 14.0. The predicted molar refractivity (Wildman–Crippen MR) is 138 cm³/mol. The summed E-state index contributed by atoms with van der Waals surface area (Å²) in [4.78, 5) is 14.0. The van der Waals surface area contributed by atoms with E-state index in [0.717, 1.165) is 55.8 Å². The molecule has 0 aliphatic carbocycles. The van der Waals surface area contributed by atoms with Gasteiger partial charge in [0.15, 0.2) is 11.8 Å². The maximum Gasteiger partial charge on any atom is 0.194 e. The van der Waals surface area contributed by atoms with Gasteiger partial charge in [0.25, 0.3) is 0 Å². The number of benzene rings is 1. The summed E-state index contributed by atoms with van der Waals surface area (Å²) < 4.78 is 7.02. The maximum atomic E-state index is 5.26. The lowest BCUT2D eigenvalue weighted by Gasteiger charge is -2.37. The normalized spacial score (nSPS) is 14.1. The average Bonchev–Trinajstić information content (AvgIpc) is 3.37. The minimum absolute atomic E-state index is 0. The van der Waals surface area contributed by atoms with Crippen LogP contribution in [-0.2, 0) is 6.54 Å². The molecule has 0 spiro atoms. The second-order valence-electron chi connectivity index (χ2n) is 7.32. The number of hydrogen-bond acceptors (Lipinski definition) is 5. The molecule has 8 nitrogen and oxygen atoms in total. The van der Waals surface area contributed by atoms with Gasteiger partial charge in [-0.2, -0.15) is 5.10 Å². The van der Waals surface area contributed by atoms with Crippen LogP contribution in [0.15, 0.2) is 66.0 Å². The molecule has 9 heteroatoms. The molecule has 170 valence electrons. The number of pyridine rings is 1. The summed E-state index contributed by atoms with van der Waals surface area (Å²) in [7, 11) is 1.69. The Kier molecular flexibility index (Phi) is 8.72. The molecule has 0 bridgehead atoms. The van der Waals surface area contributed by atoms with E-state index >= 15 is 0 Å². The summed E-state index contributed by atoms with van der Waals surface area (Å²) in [5, 5.41) is 7.70. The summed E-state index contributed by atoms with van der Waals surface area (Å²) in [5.41, 5.74) is 2.33. The fourth-order valence-electron chi connectivity index (χ4n) is 3.65. The van der Waals surface area contributed by atoms with Gasteiger partial charge in [0, 0.05) is 57.0 Å². The topological polar surface area (TPSA) is 70.8 Å². The van der Waals surface area contributed by atoms with Crippen molar-refractivity contribution in [3.05, 3.63) is 66.6 Å². The predicted octanol–water partition coefficient (Wildman–Crippen LogP) is 3.18. The van der Waals surface area contributed by atoms with Gasteiger partial charge < -0.3 is 19.9 Å². The molecule has 4 rings (SSSR count). The zero-order chi connectivity index (χ0) is 21.5. The molecule has 0 radical (unpaired) electrons. The Morgan fingerprint density at radius 3 is 2.53 bits per heavy atom. The van der Waals surface area contributed by atoms with E-state index in [9.17, 15) is 0 Å². The number of methoxy groups -OCH3 is 1. The van der Waals surface area contributed by atoms with Crippen LogP contribution in [-0.4, -0.2) is 65.5 Å². The van der Waals surface area contributed by atoms with Gasteiger partial charge >= 0.3 is 0 Å². The van der Waals surface area contributed by atoms with E-state index in [2.05, 4.69) is 44.3 Å². The van der Waals surface area contributed by atoms with Crippen LogP contribution in [0.1, 0.15) is 12.5 Å². The second-order valence-corrected chi connectivity index (χ2v) is 7.32. The lowest BCUT2D eigenvalue weighted by molar-refractivity contribution is 0.372. The number of piperazine rings is 1. The summed E-state index contributed by atoms with van der Waals surface area (Å²) >= 11 is 0. The van der Waals surface area contributed by atoms with Crippen molar-refractivity contribution < 1.29 is 4.74 Å². The van der Waals surface area contributed by atoms with Gasteiger partial charge in [-0.3, -0.25) is 0 Å². The van der Waals surface area contributed by atoms with Gasteiger partial charge in [0.1, 0.15) is 5.75 Å². The highest BCUT2D eigenvalue weighted by Gasteiger charge is 2.20. The van der Waals surface area contributed by atoms with Crippen molar-refractivity contribution >= 4 is 35.6 Å². The largest absolute Gasteiger partial charge is 0.497 e. The minimum Gasteiger partial charge on any atom is -0.497 e. The Hall–Kier alpha value is -2.82. The van der Waals surface area contributed by atoms with E-state index in [0.29, 0.717) is 6.54 Å². The molecular formula is C23H30IN7O. The van der Waals surface area contributed by atoms with Crippen LogP contribution in [0.5, 0.6) is 5.75 Å². The van der Waals surface area contributed by atoms with Crippen LogP contribution in [0.25, 0.3) is 5.82 Å². The summed E-state index contributed by atoms with van der Waals surface area (Å²) in [6, 6.07) is 14.2. The summed E-state index contributed by atoms with van der Waals surface area (Å²) in [6.07, 6.45) is 5.45. The standard InChI is InChI=1S/C23H29N7O.HI/c1-3-24-23(26-18-19-9-11-25-22(17-19)30-12-4-10-27-30)29-15-13-28(14-16-29)20-5-7-21(31-2)8-6-20;/h4-12,17H,3,13-16,18H2,1-2H3,(H,24,26);1H. The number of rotatable bonds is 6. The highest BCUT2D eigenvalue weighted by Crippen LogP contribution is 2.20. The second kappa shape index (κ2) is 11.7. The molecule has 1 aromatic carbocycles.